The van der Waals surface area contributed by atoms with Crippen molar-refractivity contribution in [2.45, 2.75) is 45.1 Å². The van der Waals surface area contributed by atoms with Crippen molar-refractivity contribution in [3.8, 4) is 0 Å². The van der Waals surface area contributed by atoms with Gasteiger partial charge in [0.05, 0.1) is 18.7 Å². The van der Waals surface area contributed by atoms with E-state index in [4.69, 9.17) is 10.5 Å². The summed E-state index contributed by atoms with van der Waals surface area (Å²) in [5.41, 5.74) is 6.58. The fourth-order valence-electron chi connectivity index (χ4n) is 2.53. The van der Waals surface area contributed by atoms with Crippen LogP contribution in [0.3, 0.4) is 0 Å². The number of nitrogens with zero attached hydrogens (tertiary/aromatic N) is 1. The predicted molar refractivity (Wildman–Crippen MR) is 81.0 cm³/mol. The second kappa shape index (κ2) is 7.51. The van der Waals surface area contributed by atoms with Gasteiger partial charge in [-0.15, -0.1) is 11.3 Å². The Kier molecular flexibility index (Phi) is 5.69. The molecule has 1 aliphatic carbocycles. The second-order valence-corrected chi connectivity index (χ2v) is 6.09. The molecule has 1 aromatic heterocycles. The van der Waals surface area contributed by atoms with Gasteiger partial charge >= 0.3 is 5.97 Å². The van der Waals surface area contributed by atoms with Crippen LogP contribution >= 0.6 is 11.3 Å². The maximum atomic E-state index is 12.0. The Morgan fingerprint density at radius 1 is 1.52 bits per heavy atom. The van der Waals surface area contributed by atoms with Gasteiger partial charge in [0.25, 0.3) is 0 Å². The van der Waals surface area contributed by atoms with Gasteiger partial charge in [-0.3, -0.25) is 9.59 Å². The van der Waals surface area contributed by atoms with Gasteiger partial charge in [-0.1, -0.05) is 6.42 Å². The average Bonchev–Trinajstić information content (AvgIpc) is 3.00. The van der Waals surface area contributed by atoms with E-state index in [2.05, 4.69) is 10.3 Å². The minimum absolute atomic E-state index is 0.0608. The van der Waals surface area contributed by atoms with E-state index in [9.17, 15) is 9.59 Å². The van der Waals surface area contributed by atoms with E-state index in [1.807, 2.05) is 0 Å². The highest BCUT2D eigenvalue weighted by Gasteiger charge is 2.26. The van der Waals surface area contributed by atoms with Gasteiger partial charge in [0.1, 0.15) is 0 Å². The highest BCUT2D eigenvalue weighted by atomic mass is 32.1. The summed E-state index contributed by atoms with van der Waals surface area (Å²) in [4.78, 5) is 27.5. The lowest BCUT2D eigenvalue weighted by Crippen LogP contribution is -2.28. The molecule has 0 radical (unpaired) electrons. The first-order chi connectivity index (χ1) is 10.1. The zero-order chi connectivity index (χ0) is 15.2. The number of carbonyl (C=O) groups excluding carboxylic acids is 2. The number of nitrogens with two attached hydrogens (primary N) is 1. The van der Waals surface area contributed by atoms with Gasteiger partial charge in [-0.05, 0) is 25.7 Å². The molecule has 0 saturated heterocycles. The molecule has 1 amide bonds. The maximum Gasteiger partial charge on any atom is 0.311 e. The van der Waals surface area contributed by atoms with Gasteiger partial charge in [-0.25, -0.2) is 4.98 Å². The number of amides is 1. The zero-order valence-corrected chi connectivity index (χ0v) is 12.9. The summed E-state index contributed by atoms with van der Waals surface area (Å²) in [5.74, 6) is -0.101. The summed E-state index contributed by atoms with van der Waals surface area (Å²) in [5, 5.41) is 5.05. The van der Waals surface area contributed by atoms with Crippen molar-refractivity contribution in [1.29, 1.82) is 0 Å². The Morgan fingerprint density at radius 3 is 3.00 bits per heavy atom. The standard InChI is InChI=1S/C14H21N3O3S/c1-2-20-13(19)7-10-8-21-14(16-10)17-12(18)6-9-4-3-5-11(9)15/h8-9,11H,2-7,15H2,1H3,(H,16,17,18)/t9-,11+/m0/s1. The molecule has 21 heavy (non-hydrogen) atoms. The Balaban J connectivity index is 1.81. The van der Waals surface area contributed by atoms with Crippen molar-refractivity contribution in [1.82, 2.24) is 4.98 Å². The van der Waals surface area contributed by atoms with Crippen LogP contribution in [0, 0.1) is 5.92 Å². The number of aromatic nitrogens is 1. The number of ether oxygens (including phenoxy) is 1. The lowest BCUT2D eigenvalue weighted by Gasteiger charge is -2.13. The molecule has 2 rings (SSSR count). The number of hydrogen-bond donors (Lipinski definition) is 2. The Hall–Kier alpha value is -1.47. The minimum atomic E-state index is -0.308. The highest BCUT2D eigenvalue weighted by molar-refractivity contribution is 7.13. The molecule has 0 unspecified atom stereocenters. The smallest absolute Gasteiger partial charge is 0.311 e. The van der Waals surface area contributed by atoms with E-state index in [-0.39, 0.29) is 30.3 Å². The molecular weight excluding hydrogens is 290 g/mol. The van der Waals surface area contributed by atoms with Crippen molar-refractivity contribution in [3.05, 3.63) is 11.1 Å². The van der Waals surface area contributed by atoms with E-state index in [0.29, 0.717) is 23.9 Å². The summed E-state index contributed by atoms with van der Waals surface area (Å²) >= 11 is 1.31. The third-order valence-electron chi connectivity index (χ3n) is 3.59. The van der Waals surface area contributed by atoms with Crippen LogP contribution in [-0.2, 0) is 20.7 Å². The molecule has 116 valence electrons. The molecule has 1 saturated carbocycles. The molecule has 3 N–H and O–H groups in total. The van der Waals surface area contributed by atoms with Crippen molar-refractivity contribution >= 4 is 28.3 Å². The summed E-state index contributed by atoms with van der Waals surface area (Å²) < 4.78 is 4.86. The lowest BCUT2D eigenvalue weighted by molar-refractivity contribution is -0.142. The summed E-state index contributed by atoms with van der Waals surface area (Å²) in [6, 6.07) is 0.131. The molecule has 2 atom stereocenters. The van der Waals surface area contributed by atoms with E-state index < -0.39 is 0 Å². The zero-order valence-electron chi connectivity index (χ0n) is 12.1. The van der Waals surface area contributed by atoms with E-state index >= 15 is 0 Å². The number of hydrogen-bond acceptors (Lipinski definition) is 6. The molecule has 6 nitrogen and oxygen atoms in total. The van der Waals surface area contributed by atoms with Gasteiger partial charge in [-0.2, -0.15) is 0 Å². The molecule has 1 aromatic rings. The quantitative estimate of drug-likeness (QED) is 0.780. The molecule has 1 aliphatic rings. The fraction of sp³-hybridized carbons (Fsp3) is 0.643. The van der Waals surface area contributed by atoms with Gasteiger partial charge < -0.3 is 15.8 Å². The average molecular weight is 311 g/mol. The normalized spacial score (nSPS) is 21.2. The third kappa shape index (κ3) is 4.78. The number of nitrogens with one attached hydrogen (secondary N) is 1. The first-order valence-electron chi connectivity index (χ1n) is 7.24. The van der Waals surface area contributed by atoms with Crippen LogP contribution in [0.15, 0.2) is 5.38 Å². The number of rotatable bonds is 6. The number of esters is 1. The minimum Gasteiger partial charge on any atom is -0.466 e. The molecule has 0 spiro atoms. The molecule has 0 bridgehead atoms. The van der Waals surface area contributed by atoms with Gasteiger partial charge in [0.2, 0.25) is 5.91 Å². The van der Waals surface area contributed by atoms with Crippen LogP contribution in [0.4, 0.5) is 5.13 Å². The molecule has 1 fully saturated rings. The monoisotopic (exact) mass is 311 g/mol. The maximum absolute atomic E-state index is 12.0. The molecule has 0 aromatic carbocycles. The van der Waals surface area contributed by atoms with E-state index in [1.54, 1.807) is 12.3 Å². The number of carbonyl (C=O) groups is 2. The van der Waals surface area contributed by atoms with Crippen molar-refractivity contribution < 1.29 is 14.3 Å². The van der Waals surface area contributed by atoms with E-state index in [1.165, 1.54) is 11.3 Å². The van der Waals surface area contributed by atoms with Crippen molar-refractivity contribution in [2.75, 3.05) is 11.9 Å². The highest BCUT2D eigenvalue weighted by Crippen LogP contribution is 2.27. The van der Waals surface area contributed by atoms with Crippen molar-refractivity contribution in [3.63, 3.8) is 0 Å². The lowest BCUT2D eigenvalue weighted by atomic mass is 10.00. The predicted octanol–water partition coefficient (Wildman–Crippen LogP) is 1.70. The van der Waals surface area contributed by atoms with Crippen LogP contribution in [0.25, 0.3) is 0 Å². The summed E-state index contributed by atoms with van der Waals surface area (Å²) in [6.07, 6.45) is 3.68. The van der Waals surface area contributed by atoms with Crippen LogP contribution in [-0.4, -0.2) is 29.5 Å². The SMILES string of the molecule is CCOC(=O)Cc1csc(NC(=O)C[C@@H]2CCC[C@H]2N)n1. The number of anilines is 1. The molecule has 1 heterocycles. The number of thiazole rings is 1. The summed E-state index contributed by atoms with van der Waals surface area (Å²) in [7, 11) is 0. The largest absolute Gasteiger partial charge is 0.466 e. The van der Waals surface area contributed by atoms with Crippen molar-refractivity contribution in [2.24, 2.45) is 11.7 Å². The van der Waals surface area contributed by atoms with Gasteiger partial charge in [0.15, 0.2) is 5.13 Å². The Bertz CT molecular complexity index is 503. The molecule has 7 heteroatoms. The van der Waals surface area contributed by atoms with E-state index in [0.717, 1.165) is 19.3 Å². The van der Waals surface area contributed by atoms with Crippen LogP contribution in [0.2, 0.25) is 0 Å². The Morgan fingerprint density at radius 2 is 2.33 bits per heavy atom. The first kappa shape index (κ1) is 15.9. The fourth-order valence-corrected chi connectivity index (χ4v) is 3.26. The third-order valence-corrected chi connectivity index (χ3v) is 4.40. The molecule has 0 aliphatic heterocycles. The van der Waals surface area contributed by atoms with Gasteiger partial charge in [0, 0.05) is 17.8 Å². The van der Waals surface area contributed by atoms with Crippen LogP contribution < -0.4 is 11.1 Å². The topological polar surface area (TPSA) is 94.3 Å². The first-order valence-corrected chi connectivity index (χ1v) is 8.12. The summed E-state index contributed by atoms with van der Waals surface area (Å²) in [6.45, 7) is 2.12. The van der Waals surface area contributed by atoms with Crippen LogP contribution in [0.1, 0.15) is 38.3 Å². The molecular formula is C14H21N3O3S. The second-order valence-electron chi connectivity index (χ2n) is 5.23. The Labute approximate surface area is 128 Å². The van der Waals surface area contributed by atoms with Crippen LogP contribution in [0.5, 0.6) is 0 Å².